The highest BCUT2D eigenvalue weighted by atomic mass is 19.4. The van der Waals surface area contributed by atoms with Gasteiger partial charge in [0.05, 0.1) is 6.54 Å². The lowest BCUT2D eigenvalue weighted by Crippen LogP contribution is -2.59. The van der Waals surface area contributed by atoms with Crippen LogP contribution in [0.2, 0.25) is 0 Å². The number of halogens is 3. The van der Waals surface area contributed by atoms with Crippen LogP contribution < -0.4 is 32.7 Å². The zero-order valence-electron chi connectivity index (χ0n) is 34.6. The Morgan fingerprint density at radius 1 is 0.831 bits per heavy atom. The summed E-state index contributed by atoms with van der Waals surface area (Å²) in [6.07, 6.45) is -1.44. The number of nitrogens with zero attached hydrogens (tertiary/aromatic N) is 1. The van der Waals surface area contributed by atoms with Gasteiger partial charge in [0.25, 0.3) is 0 Å². The molecule has 1 aliphatic heterocycles. The largest absolute Gasteiger partial charge is 0.490 e. The highest BCUT2D eigenvalue weighted by molar-refractivity contribution is 5.92. The van der Waals surface area contributed by atoms with Gasteiger partial charge in [-0.05, 0) is 67.5 Å². The fourth-order valence-corrected chi connectivity index (χ4v) is 6.77. The number of aliphatic carboxylic acids is 2. The number of likely N-dealkylation sites (tertiary alicyclic amines) is 1. The van der Waals surface area contributed by atoms with Crippen LogP contribution in [0.3, 0.4) is 0 Å². The van der Waals surface area contributed by atoms with Crippen molar-refractivity contribution in [2.45, 2.75) is 108 Å². The maximum absolute atomic E-state index is 14.0. The van der Waals surface area contributed by atoms with Crippen LogP contribution in [-0.4, -0.2) is 114 Å². The Balaban J connectivity index is 0.00000157. The lowest BCUT2D eigenvalue weighted by Gasteiger charge is -2.38. The van der Waals surface area contributed by atoms with E-state index < -0.39 is 41.6 Å². The van der Waals surface area contributed by atoms with E-state index in [2.05, 4.69) is 52.1 Å². The zero-order chi connectivity index (χ0) is 44.2. The second kappa shape index (κ2) is 25.1. The number of benzene rings is 2. The molecule has 0 bridgehead atoms. The number of alkyl halides is 3. The van der Waals surface area contributed by atoms with Crippen molar-refractivity contribution in [2.24, 2.45) is 23.3 Å². The summed E-state index contributed by atoms with van der Waals surface area (Å²) < 4.78 is 31.7. The van der Waals surface area contributed by atoms with Crippen LogP contribution in [0.1, 0.15) is 83.3 Å². The first-order valence-corrected chi connectivity index (χ1v) is 20.2. The van der Waals surface area contributed by atoms with Crippen molar-refractivity contribution in [3.63, 3.8) is 0 Å². The van der Waals surface area contributed by atoms with Gasteiger partial charge in [-0.3, -0.25) is 19.2 Å². The van der Waals surface area contributed by atoms with Gasteiger partial charge in [0.1, 0.15) is 17.6 Å². The summed E-state index contributed by atoms with van der Waals surface area (Å²) >= 11 is 0. The molecule has 0 aromatic heterocycles. The molecule has 0 aliphatic carbocycles. The molecule has 14 nitrogen and oxygen atoms in total. The molecule has 2 aromatic carbocycles. The molecule has 10 N–H and O–H groups in total. The van der Waals surface area contributed by atoms with Crippen LogP contribution in [0, 0.1) is 11.8 Å². The van der Waals surface area contributed by atoms with Crippen molar-refractivity contribution in [2.75, 3.05) is 39.3 Å². The van der Waals surface area contributed by atoms with E-state index in [0.29, 0.717) is 64.3 Å². The van der Waals surface area contributed by atoms with Gasteiger partial charge in [0, 0.05) is 38.6 Å². The first kappa shape index (κ1) is 50.6. The molecule has 3 rings (SSSR count). The standard InChI is InChI=1S/C40H63N7O5.C2HF3O2/c1-28(2)23-34(37(49)44-32(17-11-12-20-41)27-47-21-18-40(42,19-22-47)39(51)52)46-38(50)35(24-30-13-7-5-8-14-30)45-36(48)26-43-25-33(29(3)4)31-15-9-6-10-16-31;3-2(4,5)1(6)7/h5-10,13-16,28-29,32-35,43H,11-12,17-27,41-42H2,1-4H3,(H,44,49)(H,45,48)(H,46,50)(H,51,52);(H,6,7). The van der Waals surface area contributed by atoms with Crippen LogP contribution in [0.4, 0.5) is 13.2 Å². The summed E-state index contributed by atoms with van der Waals surface area (Å²) in [6, 6.07) is 17.8. The minimum absolute atomic E-state index is 0.0449. The highest BCUT2D eigenvalue weighted by Gasteiger charge is 2.39. The lowest BCUT2D eigenvalue weighted by atomic mass is 9.88. The Labute approximate surface area is 345 Å². The first-order valence-electron chi connectivity index (χ1n) is 20.2. The molecular formula is C42H64F3N7O7. The second-order valence-electron chi connectivity index (χ2n) is 15.9. The van der Waals surface area contributed by atoms with Crippen LogP contribution in [0.25, 0.3) is 0 Å². The number of hydrogen-bond acceptors (Lipinski definition) is 9. The van der Waals surface area contributed by atoms with Gasteiger partial charge < -0.3 is 47.8 Å². The predicted molar refractivity (Wildman–Crippen MR) is 219 cm³/mol. The van der Waals surface area contributed by atoms with Gasteiger partial charge >= 0.3 is 18.1 Å². The fourth-order valence-electron chi connectivity index (χ4n) is 6.77. The number of carboxylic acids is 2. The molecule has 3 amide bonds. The highest BCUT2D eigenvalue weighted by Crippen LogP contribution is 2.24. The van der Waals surface area contributed by atoms with Gasteiger partial charge in [-0.15, -0.1) is 0 Å². The summed E-state index contributed by atoms with van der Waals surface area (Å²) in [4.78, 5) is 63.8. The Hall–Kier alpha value is -4.58. The molecule has 1 heterocycles. The number of carbonyl (C=O) groups is 5. The van der Waals surface area contributed by atoms with E-state index in [9.17, 15) is 37.5 Å². The molecule has 2 aromatic rings. The molecule has 330 valence electrons. The normalized spacial score (nSPS) is 16.2. The third-order valence-corrected chi connectivity index (χ3v) is 10.2. The lowest BCUT2D eigenvalue weighted by molar-refractivity contribution is -0.192. The van der Waals surface area contributed by atoms with E-state index in [1.54, 1.807) is 0 Å². The minimum atomic E-state index is -5.08. The van der Waals surface area contributed by atoms with E-state index in [1.165, 1.54) is 5.56 Å². The predicted octanol–water partition coefficient (Wildman–Crippen LogP) is 3.40. The molecule has 1 aliphatic rings. The average molecular weight is 836 g/mol. The molecule has 1 saturated heterocycles. The number of hydrogen-bond donors (Lipinski definition) is 8. The number of nitrogens with two attached hydrogens (primary N) is 2. The molecule has 4 unspecified atom stereocenters. The van der Waals surface area contributed by atoms with Crippen LogP contribution in [-0.2, 0) is 30.4 Å². The van der Waals surface area contributed by atoms with Crippen LogP contribution >= 0.6 is 0 Å². The van der Waals surface area contributed by atoms with Gasteiger partial charge in [-0.2, -0.15) is 13.2 Å². The van der Waals surface area contributed by atoms with Crippen molar-refractivity contribution >= 4 is 29.7 Å². The monoisotopic (exact) mass is 835 g/mol. The Morgan fingerprint density at radius 3 is 1.90 bits per heavy atom. The number of carbonyl (C=O) groups excluding carboxylic acids is 3. The molecule has 0 spiro atoms. The van der Waals surface area contributed by atoms with E-state index in [-0.39, 0.29) is 42.7 Å². The summed E-state index contributed by atoms with van der Waals surface area (Å²) in [5.74, 6) is -4.08. The third kappa shape index (κ3) is 18.9. The molecule has 1 fully saturated rings. The molecule has 0 saturated carbocycles. The Morgan fingerprint density at radius 2 is 1.39 bits per heavy atom. The first-order chi connectivity index (χ1) is 27.7. The Bertz CT molecular complexity index is 1590. The number of unbranched alkanes of at least 4 members (excludes halogenated alkanes) is 1. The van der Waals surface area contributed by atoms with Crippen molar-refractivity contribution < 1.29 is 47.4 Å². The summed E-state index contributed by atoms with van der Waals surface area (Å²) in [7, 11) is 0. The van der Waals surface area contributed by atoms with E-state index in [1.807, 2.05) is 62.4 Å². The Kier molecular flexibility index (Phi) is 21.5. The zero-order valence-corrected chi connectivity index (χ0v) is 34.6. The topological polar surface area (TPSA) is 229 Å². The van der Waals surface area contributed by atoms with Crippen molar-refractivity contribution in [1.82, 2.24) is 26.2 Å². The number of carboxylic acid groups (broad SMARTS) is 2. The van der Waals surface area contributed by atoms with E-state index >= 15 is 0 Å². The van der Waals surface area contributed by atoms with Gasteiger partial charge in [0.2, 0.25) is 17.7 Å². The SMILES string of the molecule is CC(C)CC(NC(=O)C(Cc1ccccc1)NC(=O)CNCC(c1ccccc1)C(C)C)C(=O)NC(CCCCN)CN1CCC(N)(C(=O)O)CC1.O=C(O)C(F)(F)F. The number of piperidine rings is 1. The average Bonchev–Trinajstić information content (AvgIpc) is 3.17. The van der Waals surface area contributed by atoms with Crippen molar-refractivity contribution in [3.05, 3.63) is 71.8 Å². The molecule has 17 heteroatoms. The van der Waals surface area contributed by atoms with E-state index in [0.717, 1.165) is 18.4 Å². The minimum Gasteiger partial charge on any atom is -0.480 e. The quantitative estimate of drug-likeness (QED) is 0.0802. The van der Waals surface area contributed by atoms with E-state index in [4.69, 9.17) is 21.4 Å². The third-order valence-electron chi connectivity index (χ3n) is 10.2. The van der Waals surface area contributed by atoms with Gasteiger partial charge in [0.15, 0.2) is 0 Å². The van der Waals surface area contributed by atoms with Crippen LogP contribution in [0.5, 0.6) is 0 Å². The van der Waals surface area contributed by atoms with Crippen molar-refractivity contribution in [3.8, 4) is 0 Å². The maximum Gasteiger partial charge on any atom is 0.490 e. The van der Waals surface area contributed by atoms with Gasteiger partial charge in [-0.25, -0.2) is 4.79 Å². The summed E-state index contributed by atoms with van der Waals surface area (Å²) in [6.45, 7) is 11.1. The number of rotatable bonds is 22. The maximum atomic E-state index is 14.0. The molecule has 0 radical (unpaired) electrons. The second-order valence-corrected chi connectivity index (χ2v) is 15.9. The number of nitrogens with one attached hydrogen (secondary N) is 4. The number of amides is 3. The summed E-state index contributed by atoms with van der Waals surface area (Å²) in [5, 5.41) is 29.1. The van der Waals surface area contributed by atoms with Gasteiger partial charge in [-0.1, -0.05) is 94.8 Å². The molecule has 59 heavy (non-hydrogen) atoms. The fraction of sp³-hybridized carbons (Fsp3) is 0.595. The molecular weight excluding hydrogens is 771 g/mol. The van der Waals surface area contributed by atoms with Crippen molar-refractivity contribution in [1.29, 1.82) is 0 Å². The van der Waals surface area contributed by atoms with Crippen LogP contribution in [0.15, 0.2) is 60.7 Å². The summed E-state index contributed by atoms with van der Waals surface area (Å²) in [5.41, 5.74) is 12.7. The smallest absolute Gasteiger partial charge is 0.480 e. The molecule has 4 atom stereocenters.